The van der Waals surface area contributed by atoms with Gasteiger partial charge in [-0.2, -0.15) is 5.10 Å². The van der Waals surface area contributed by atoms with Crippen LogP contribution in [0.2, 0.25) is 0 Å². The van der Waals surface area contributed by atoms with Crippen molar-refractivity contribution in [3.63, 3.8) is 0 Å². The van der Waals surface area contributed by atoms with Crippen LogP contribution in [0.5, 0.6) is 0 Å². The van der Waals surface area contributed by atoms with E-state index in [1.54, 1.807) is 12.4 Å². The van der Waals surface area contributed by atoms with Crippen molar-refractivity contribution in [2.45, 2.75) is 0 Å². The highest BCUT2D eigenvalue weighted by Crippen LogP contribution is 2.32. The van der Waals surface area contributed by atoms with Gasteiger partial charge in [0.25, 0.3) is 5.91 Å². The third-order valence-corrected chi connectivity index (χ3v) is 3.99. The lowest BCUT2D eigenvalue weighted by Crippen LogP contribution is -2.18. The predicted octanol–water partition coefficient (Wildman–Crippen LogP) is 3.93. The van der Waals surface area contributed by atoms with Crippen LogP contribution < -0.4 is 5.43 Å². The van der Waals surface area contributed by atoms with Crippen molar-refractivity contribution in [2.24, 2.45) is 5.10 Å². The Morgan fingerprint density at radius 3 is 2.56 bits per heavy atom. The Morgan fingerprint density at radius 1 is 0.960 bits per heavy atom. The van der Waals surface area contributed by atoms with Crippen molar-refractivity contribution in [3.05, 3.63) is 84.3 Å². The van der Waals surface area contributed by atoms with E-state index in [0.717, 1.165) is 27.7 Å². The zero-order valence-electron chi connectivity index (χ0n) is 13.4. The second-order valence-corrected chi connectivity index (χ2v) is 5.61. The third kappa shape index (κ3) is 2.95. The van der Waals surface area contributed by atoms with Gasteiger partial charge in [-0.1, -0.05) is 48.5 Å². The molecular formula is C20H16N4O. The summed E-state index contributed by atoms with van der Waals surface area (Å²) in [5.41, 5.74) is 6.68. The lowest BCUT2D eigenvalue weighted by atomic mass is 10.0. The minimum atomic E-state index is -0.280. The van der Waals surface area contributed by atoms with E-state index < -0.39 is 0 Å². The number of fused-ring (bicyclic) bond motifs is 1. The number of benzene rings is 2. The van der Waals surface area contributed by atoms with Crippen LogP contribution in [-0.4, -0.2) is 22.1 Å². The molecule has 4 aromatic rings. The molecule has 0 aliphatic heterocycles. The topological polar surface area (TPSA) is 73.0 Å². The van der Waals surface area contributed by atoms with Crippen molar-refractivity contribution in [1.29, 1.82) is 0 Å². The zero-order chi connectivity index (χ0) is 17.1. The lowest BCUT2D eigenvalue weighted by molar-refractivity contribution is 0.0951. The summed E-state index contributed by atoms with van der Waals surface area (Å²) in [6, 6.07) is 21.5. The van der Waals surface area contributed by atoms with Crippen LogP contribution in [0.25, 0.3) is 22.0 Å². The number of carbonyl (C=O) groups excluding carboxylic acids is 1. The summed E-state index contributed by atoms with van der Waals surface area (Å²) in [6.07, 6.45) is 3.37. The molecule has 2 aromatic heterocycles. The maximum Gasteiger partial charge on any atom is 0.288 e. The molecule has 0 bridgehead atoms. The summed E-state index contributed by atoms with van der Waals surface area (Å²) >= 11 is 0. The van der Waals surface area contributed by atoms with Gasteiger partial charge in [0.15, 0.2) is 0 Å². The van der Waals surface area contributed by atoms with Gasteiger partial charge < -0.3 is 9.97 Å². The Balaban J connectivity index is 1.72. The Hall–Kier alpha value is -3.60. The van der Waals surface area contributed by atoms with Crippen LogP contribution in [0.4, 0.5) is 0 Å². The summed E-state index contributed by atoms with van der Waals surface area (Å²) in [5.74, 6) is -0.280. The first-order valence-electron chi connectivity index (χ1n) is 7.96. The van der Waals surface area contributed by atoms with Gasteiger partial charge in [-0.3, -0.25) is 4.79 Å². The molecule has 5 nitrogen and oxygen atoms in total. The molecule has 5 heteroatoms. The highest BCUT2D eigenvalue weighted by atomic mass is 16.2. The van der Waals surface area contributed by atoms with Gasteiger partial charge in [0.05, 0.1) is 11.9 Å². The van der Waals surface area contributed by atoms with Gasteiger partial charge in [-0.25, -0.2) is 5.43 Å². The minimum Gasteiger partial charge on any atom is -0.360 e. The molecular weight excluding hydrogens is 312 g/mol. The van der Waals surface area contributed by atoms with Gasteiger partial charge in [-0.15, -0.1) is 0 Å². The molecule has 4 rings (SSSR count). The number of para-hydroxylation sites is 1. The van der Waals surface area contributed by atoms with Crippen molar-refractivity contribution < 1.29 is 4.79 Å². The minimum absolute atomic E-state index is 0.280. The average molecular weight is 328 g/mol. The third-order valence-electron chi connectivity index (χ3n) is 3.99. The molecule has 0 unspecified atom stereocenters. The highest BCUT2D eigenvalue weighted by Gasteiger charge is 2.18. The molecule has 0 saturated heterocycles. The van der Waals surface area contributed by atoms with Crippen LogP contribution in [-0.2, 0) is 0 Å². The van der Waals surface area contributed by atoms with Gasteiger partial charge in [0, 0.05) is 22.7 Å². The second-order valence-electron chi connectivity index (χ2n) is 5.61. The number of carbonyl (C=O) groups is 1. The van der Waals surface area contributed by atoms with E-state index >= 15 is 0 Å². The van der Waals surface area contributed by atoms with E-state index in [2.05, 4.69) is 20.5 Å². The summed E-state index contributed by atoms with van der Waals surface area (Å²) in [6.45, 7) is 0. The molecule has 122 valence electrons. The molecule has 0 saturated carbocycles. The van der Waals surface area contributed by atoms with Gasteiger partial charge in [0.2, 0.25) is 0 Å². The molecule has 0 radical (unpaired) electrons. The van der Waals surface area contributed by atoms with E-state index in [-0.39, 0.29) is 5.91 Å². The Bertz CT molecular complexity index is 1030. The summed E-state index contributed by atoms with van der Waals surface area (Å²) in [5, 5.41) is 5.03. The van der Waals surface area contributed by atoms with Crippen LogP contribution in [0.15, 0.2) is 78.0 Å². The largest absolute Gasteiger partial charge is 0.360 e. The van der Waals surface area contributed by atoms with Gasteiger partial charge >= 0.3 is 0 Å². The van der Waals surface area contributed by atoms with Crippen LogP contribution in [0, 0.1) is 0 Å². The number of rotatable bonds is 4. The standard InChI is InChI=1S/C20H16N4O/c25-20(24-22-13-15-9-6-12-21-15)19-18(14-7-2-1-3-8-14)16-10-4-5-11-17(16)23-19/h1-13,21,23H,(H,24,25). The van der Waals surface area contributed by atoms with Crippen molar-refractivity contribution in [2.75, 3.05) is 0 Å². The first-order valence-corrected chi connectivity index (χ1v) is 7.96. The Kier molecular flexibility index (Phi) is 3.88. The average Bonchev–Trinajstić information content (AvgIpc) is 3.30. The van der Waals surface area contributed by atoms with Crippen molar-refractivity contribution in [1.82, 2.24) is 15.4 Å². The van der Waals surface area contributed by atoms with E-state index in [4.69, 9.17) is 0 Å². The fourth-order valence-electron chi connectivity index (χ4n) is 2.86. The number of hydrogen-bond acceptors (Lipinski definition) is 2. The molecule has 2 aromatic carbocycles. The number of hydrogen-bond donors (Lipinski definition) is 3. The zero-order valence-corrected chi connectivity index (χ0v) is 13.4. The molecule has 1 amide bonds. The van der Waals surface area contributed by atoms with Crippen molar-refractivity contribution in [3.8, 4) is 11.1 Å². The molecule has 3 N–H and O–H groups in total. The van der Waals surface area contributed by atoms with E-state index in [0.29, 0.717) is 5.69 Å². The van der Waals surface area contributed by atoms with Gasteiger partial charge in [0.1, 0.15) is 5.69 Å². The monoisotopic (exact) mass is 328 g/mol. The first-order chi connectivity index (χ1) is 12.3. The molecule has 0 aliphatic rings. The summed E-state index contributed by atoms with van der Waals surface area (Å²) in [7, 11) is 0. The van der Waals surface area contributed by atoms with Gasteiger partial charge in [-0.05, 0) is 23.8 Å². The molecule has 0 aliphatic carbocycles. The normalized spacial score (nSPS) is 11.2. The number of aromatic nitrogens is 2. The number of H-pyrrole nitrogens is 2. The molecule has 25 heavy (non-hydrogen) atoms. The fourth-order valence-corrected chi connectivity index (χ4v) is 2.86. The molecule has 0 fully saturated rings. The van der Waals surface area contributed by atoms with Crippen LogP contribution in [0.3, 0.4) is 0 Å². The van der Waals surface area contributed by atoms with Crippen LogP contribution >= 0.6 is 0 Å². The van der Waals surface area contributed by atoms with E-state index in [9.17, 15) is 4.79 Å². The Morgan fingerprint density at radius 2 is 1.76 bits per heavy atom. The number of aromatic amines is 2. The second kappa shape index (κ2) is 6.49. The number of amides is 1. The maximum absolute atomic E-state index is 12.7. The molecule has 0 atom stereocenters. The summed E-state index contributed by atoms with van der Waals surface area (Å²) in [4.78, 5) is 18.9. The first kappa shape index (κ1) is 15.0. The quantitative estimate of drug-likeness (QED) is 0.385. The SMILES string of the molecule is O=C(NN=Cc1ccc[nH]1)c1[nH]c2ccccc2c1-c1ccccc1. The number of nitrogens with zero attached hydrogens (tertiary/aromatic N) is 1. The number of hydrazone groups is 1. The summed E-state index contributed by atoms with van der Waals surface area (Å²) < 4.78 is 0. The van der Waals surface area contributed by atoms with Crippen molar-refractivity contribution >= 4 is 23.0 Å². The Labute approximate surface area is 144 Å². The highest BCUT2D eigenvalue weighted by molar-refractivity contribution is 6.09. The molecule has 2 heterocycles. The van der Waals surface area contributed by atoms with Crippen LogP contribution in [0.1, 0.15) is 16.2 Å². The lowest BCUT2D eigenvalue weighted by Gasteiger charge is -2.04. The predicted molar refractivity (Wildman–Crippen MR) is 99.6 cm³/mol. The maximum atomic E-state index is 12.7. The fraction of sp³-hybridized carbons (Fsp3) is 0. The van der Waals surface area contributed by atoms with E-state index in [1.165, 1.54) is 0 Å². The molecule has 0 spiro atoms. The van der Waals surface area contributed by atoms with E-state index in [1.807, 2.05) is 66.7 Å². The number of nitrogens with one attached hydrogen (secondary N) is 3. The smallest absolute Gasteiger partial charge is 0.288 e.